The van der Waals surface area contributed by atoms with Crippen LogP contribution in [0.3, 0.4) is 0 Å². The maximum absolute atomic E-state index is 12.4. The minimum absolute atomic E-state index is 0.0310. The fourth-order valence-electron chi connectivity index (χ4n) is 1.71. The number of carboxylic acid groups (broad SMARTS) is 1. The molecule has 0 saturated carbocycles. The zero-order valence-corrected chi connectivity index (χ0v) is 12.8. The van der Waals surface area contributed by atoms with E-state index in [1.807, 2.05) is 0 Å². The molecular weight excluding hydrogens is 298 g/mol. The average Bonchev–Trinajstić information content (AvgIpc) is 2.51. The molecule has 0 amide bonds. The molecule has 116 valence electrons. The molecule has 0 spiro atoms. The van der Waals surface area contributed by atoms with Gasteiger partial charge in [-0.2, -0.15) is 12.6 Å². The second-order valence-corrected chi connectivity index (χ2v) is 4.49. The van der Waals surface area contributed by atoms with Gasteiger partial charge in [-0.3, -0.25) is 4.79 Å². The molecule has 1 rings (SSSR count). The number of methoxy groups -OCH3 is 3. The fraction of sp³-hybridized carbons (Fsp3) is 0.385. The van der Waals surface area contributed by atoms with Gasteiger partial charge in [0.25, 0.3) is 0 Å². The number of aliphatic carboxylic acids is 1. The molecule has 0 fully saturated rings. The van der Waals surface area contributed by atoms with Gasteiger partial charge in [-0.25, -0.2) is 4.79 Å². The van der Waals surface area contributed by atoms with Crippen molar-refractivity contribution in [1.82, 2.24) is 0 Å². The van der Waals surface area contributed by atoms with Crippen LogP contribution in [0.4, 0.5) is 0 Å². The van der Waals surface area contributed by atoms with E-state index in [0.717, 1.165) is 0 Å². The number of ether oxygens (including phenoxy) is 3. The molecule has 7 nitrogen and oxygen atoms in total. The highest BCUT2D eigenvalue weighted by Crippen LogP contribution is 2.38. The maximum Gasteiger partial charge on any atom is 0.332 e. The molecule has 0 saturated heterocycles. The largest absolute Gasteiger partial charge is 0.493 e. The van der Waals surface area contributed by atoms with E-state index >= 15 is 0 Å². The number of rotatable bonds is 7. The summed E-state index contributed by atoms with van der Waals surface area (Å²) in [6.07, 6.45) is 0. The van der Waals surface area contributed by atoms with Gasteiger partial charge in [-0.05, 0) is 12.1 Å². The Bertz CT molecular complexity index is 537. The van der Waals surface area contributed by atoms with Crippen LogP contribution in [-0.4, -0.2) is 49.5 Å². The summed E-state index contributed by atoms with van der Waals surface area (Å²) in [5.74, 6) is -1.86. The summed E-state index contributed by atoms with van der Waals surface area (Å²) in [6, 6.07) is 2.69. The Morgan fingerprint density at radius 2 is 1.67 bits per heavy atom. The molecule has 0 radical (unpaired) electrons. The Morgan fingerprint density at radius 1 is 1.19 bits per heavy atom. The van der Waals surface area contributed by atoms with Crippen LogP contribution in [0, 0.1) is 0 Å². The van der Waals surface area contributed by atoms with Gasteiger partial charge in [0.2, 0.25) is 5.75 Å². The number of benzene rings is 1. The first-order valence-electron chi connectivity index (χ1n) is 5.83. The molecule has 8 heteroatoms. The number of thiol groups is 1. The van der Waals surface area contributed by atoms with E-state index in [1.54, 1.807) is 0 Å². The van der Waals surface area contributed by atoms with E-state index in [2.05, 4.69) is 12.6 Å². The zero-order chi connectivity index (χ0) is 16.2. The van der Waals surface area contributed by atoms with Crippen LogP contribution < -0.4 is 19.9 Å². The minimum Gasteiger partial charge on any atom is -0.493 e. The van der Waals surface area contributed by atoms with Crippen molar-refractivity contribution in [2.75, 3.05) is 27.1 Å². The number of Topliss-reactive ketones (excluding diaryl/α,β-unsaturated/α-hetero) is 1. The van der Waals surface area contributed by atoms with Crippen molar-refractivity contribution >= 4 is 24.4 Å². The Morgan fingerprint density at radius 3 is 1.95 bits per heavy atom. The van der Waals surface area contributed by atoms with Crippen LogP contribution in [0.5, 0.6) is 17.2 Å². The Kier molecular flexibility index (Phi) is 5.45. The number of hydrogen-bond donors (Lipinski definition) is 3. The molecule has 1 atom stereocenters. The SMILES string of the molecule is COc1cc(C(=O)C(N)(CS)C(=O)O)cc(OC)c1OC. The number of carbonyl (C=O) groups excluding carboxylic acids is 1. The van der Waals surface area contributed by atoms with Gasteiger partial charge in [-0.15, -0.1) is 0 Å². The van der Waals surface area contributed by atoms with Crippen molar-refractivity contribution in [2.24, 2.45) is 5.73 Å². The Balaban J connectivity index is 3.44. The van der Waals surface area contributed by atoms with E-state index in [9.17, 15) is 9.59 Å². The second kappa shape index (κ2) is 6.68. The number of nitrogens with two attached hydrogens (primary N) is 1. The standard InChI is InChI=1S/C13H17NO6S/c1-18-8-4-7(5-9(19-2)10(8)20-3)11(15)13(14,6-21)12(16)17/h4-5,21H,6,14H2,1-3H3,(H,16,17). The second-order valence-electron chi connectivity index (χ2n) is 4.18. The Hall–Kier alpha value is -1.93. The molecule has 0 bridgehead atoms. The monoisotopic (exact) mass is 315 g/mol. The Labute approximate surface area is 127 Å². The molecule has 1 unspecified atom stereocenters. The molecule has 3 N–H and O–H groups in total. The highest BCUT2D eigenvalue weighted by molar-refractivity contribution is 7.80. The lowest BCUT2D eigenvalue weighted by atomic mass is 9.91. The van der Waals surface area contributed by atoms with E-state index in [1.165, 1.54) is 33.5 Å². The van der Waals surface area contributed by atoms with Gasteiger partial charge in [-0.1, -0.05) is 0 Å². The van der Waals surface area contributed by atoms with E-state index < -0.39 is 17.3 Å². The molecular formula is C13H17NO6S. The minimum atomic E-state index is -2.13. The first kappa shape index (κ1) is 17.1. The van der Waals surface area contributed by atoms with Crippen molar-refractivity contribution in [3.05, 3.63) is 17.7 Å². The number of hydrogen-bond acceptors (Lipinski definition) is 7. The first-order valence-corrected chi connectivity index (χ1v) is 6.46. The third kappa shape index (κ3) is 3.06. The quantitative estimate of drug-likeness (QED) is 0.384. The van der Waals surface area contributed by atoms with E-state index in [-0.39, 0.29) is 22.8 Å². The van der Waals surface area contributed by atoms with Crippen molar-refractivity contribution in [3.8, 4) is 17.2 Å². The summed E-state index contributed by atoms with van der Waals surface area (Å²) >= 11 is 3.85. The van der Waals surface area contributed by atoms with Gasteiger partial charge in [0.15, 0.2) is 22.8 Å². The maximum atomic E-state index is 12.4. The highest BCUT2D eigenvalue weighted by atomic mass is 32.1. The van der Waals surface area contributed by atoms with Gasteiger partial charge in [0.05, 0.1) is 21.3 Å². The lowest BCUT2D eigenvalue weighted by Crippen LogP contribution is -2.56. The van der Waals surface area contributed by atoms with Crippen LogP contribution in [0.15, 0.2) is 12.1 Å². The molecule has 0 aliphatic rings. The summed E-state index contributed by atoms with van der Waals surface area (Å²) < 4.78 is 15.4. The third-order valence-electron chi connectivity index (χ3n) is 2.96. The van der Waals surface area contributed by atoms with Crippen LogP contribution >= 0.6 is 12.6 Å². The van der Waals surface area contributed by atoms with Gasteiger partial charge >= 0.3 is 5.97 Å². The average molecular weight is 315 g/mol. The molecule has 21 heavy (non-hydrogen) atoms. The van der Waals surface area contributed by atoms with Crippen LogP contribution in [0.1, 0.15) is 10.4 Å². The molecule has 0 aliphatic carbocycles. The summed E-state index contributed by atoms with van der Waals surface area (Å²) in [4.78, 5) is 23.6. The molecule has 0 aromatic heterocycles. The van der Waals surface area contributed by atoms with E-state index in [0.29, 0.717) is 5.75 Å². The lowest BCUT2D eigenvalue weighted by molar-refractivity contribution is -0.140. The molecule has 1 aromatic rings. The first-order chi connectivity index (χ1) is 9.85. The topological polar surface area (TPSA) is 108 Å². The van der Waals surface area contributed by atoms with Crippen LogP contribution in [0.25, 0.3) is 0 Å². The zero-order valence-electron chi connectivity index (χ0n) is 11.9. The van der Waals surface area contributed by atoms with Crippen molar-refractivity contribution in [1.29, 1.82) is 0 Å². The summed E-state index contributed by atoms with van der Waals surface area (Å²) in [6.45, 7) is 0. The number of carbonyl (C=O) groups is 2. The normalized spacial score (nSPS) is 13.2. The van der Waals surface area contributed by atoms with E-state index in [4.69, 9.17) is 25.1 Å². The summed E-state index contributed by atoms with van der Waals surface area (Å²) in [5, 5.41) is 9.14. The highest BCUT2D eigenvalue weighted by Gasteiger charge is 2.42. The van der Waals surface area contributed by atoms with Crippen LogP contribution in [0.2, 0.25) is 0 Å². The smallest absolute Gasteiger partial charge is 0.332 e. The predicted molar refractivity (Wildman–Crippen MR) is 78.8 cm³/mol. The lowest BCUT2D eigenvalue weighted by Gasteiger charge is -2.22. The van der Waals surface area contributed by atoms with Crippen LogP contribution in [-0.2, 0) is 4.79 Å². The molecule has 1 aromatic carbocycles. The number of ketones is 1. The number of carboxylic acids is 1. The van der Waals surface area contributed by atoms with Gasteiger partial charge in [0.1, 0.15) is 0 Å². The molecule has 0 heterocycles. The fourth-order valence-corrected chi connectivity index (χ4v) is 1.99. The third-order valence-corrected chi connectivity index (χ3v) is 3.46. The summed E-state index contributed by atoms with van der Waals surface area (Å²) in [5.41, 5.74) is 3.53. The summed E-state index contributed by atoms with van der Waals surface area (Å²) in [7, 11) is 4.19. The van der Waals surface area contributed by atoms with Gasteiger partial charge < -0.3 is 25.1 Å². The molecule has 0 aliphatic heterocycles. The van der Waals surface area contributed by atoms with Crippen molar-refractivity contribution in [3.63, 3.8) is 0 Å². The predicted octanol–water partition coefficient (Wildman–Crippen LogP) is 0.607. The van der Waals surface area contributed by atoms with Gasteiger partial charge in [0, 0.05) is 11.3 Å². The van der Waals surface area contributed by atoms with Crippen molar-refractivity contribution < 1.29 is 28.9 Å². The van der Waals surface area contributed by atoms with Crippen molar-refractivity contribution in [2.45, 2.75) is 5.54 Å².